The van der Waals surface area contributed by atoms with Crippen LogP contribution in [0.1, 0.15) is 65.4 Å². The molecule has 9 heteroatoms. The first-order chi connectivity index (χ1) is 20.3. The summed E-state index contributed by atoms with van der Waals surface area (Å²) in [5.41, 5.74) is 2.38. The third-order valence-corrected chi connectivity index (χ3v) is 8.12. The van der Waals surface area contributed by atoms with Gasteiger partial charge in [0.25, 0.3) is 5.56 Å². The highest BCUT2D eigenvalue weighted by atomic mass is 16.5. The third kappa shape index (κ3) is 5.56. The first kappa shape index (κ1) is 27.8. The van der Waals surface area contributed by atoms with Gasteiger partial charge in [-0.25, -0.2) is 4.98 Å². The summed E-state index contributed by atoms with van der Waals surface area (Å²) in [7, 11) is 2.11. The SMILES string of the molecule is CC(C)C(=O)c1cc2cnc(Nc3ccc(OC4CCCN(C)C4)cc3)nc2n(C2CC(=O)c3ccccc3C2)c1=O. The molecule has 1 aliphatic heterocycles. The Labute approximate surface area is 244 Å². The number of carbonyl (C=O) groups is 2. The van der Waals surface area contributed by atoms with Crippen molar-refractivity contribution < 1.29 is 14.3 Å². The molecule has 3 heterocycles. The van der Waals surface area contributed by atoms with Crippen LogP contribution in [0.2, 0.25) is 0 Å². The summed E-state index contributed by atoms with van der Waals surface area (Å²) in [4.78, 5) is 51.5. The Morgan fingerprint density at radius 2 is 1.86 bits per heavy atom. The lowest BCUT2D eigenvalue weighted by atomic mass is 9.87. The standard InChI is InChI=1S/C33H35N5O4/c1-20(2)30(40)28-16-22-18-34-33(35-23-10-12-25(13-11-23)42-26-8-6-14-37(3)19-26)36-31(22)38(32(28)41)24-15-21-7-4-5-9-27(21)29(39)17-24/h4-5,7,9-13,16,18,20,24,26H,6,8,14-15,17,19H2,1-3H3,(H,34,35,36). The molecule has 0 radical (unpaired) electrons. The maximum absolute atomic E-state index is 13.9. The third-order valence-electron chi connectivity index (χ3n) is 8.12. The number of likely N-dealkylation sites (N-methyl/N-ethyl adjacent to an activating group) is 1. The van der Waals surface area contributed by atoms with Gasteiger partial charge < -0.3 is 15.0 Å². The molecule has 9 nitrogen and oxygen atoms in total. The van der Waals surface area contributed by atoms with Crippen molar-refractivity contribution in [3.05, 3.63) is 87.8 Å². The van der Waals surface area contributed by atoms with E-state index in [2.05, 4.69) is 22.2 Å². The molecule has 1 aliphatic carbocycles. The number of nitrogens with one attached hydrogen (secondary N) is 1. The van der Waals surface area contributed by atoms with E-state index in [1.807, 2.05) is 48.5 Å². The van der Waals surface area contributed by atoms with Crippen molar-refractivity contribution >= 4 is 34.2 Å². The van der Waals surface area contributed by atoms with Crippen LogP contribution in [0.3, 0.4) is 0 Å². The van der Waals surface area contributed by atoms with Crippen LogP contribution in [0.15, 0.2) is 65.6 Å². The molecule has 4 aromatic rings. The van der Waals surface area contributed by atoms with E-state index in [9.17, 15) is 14.4 Å². The zero-order valence-electron chi connectivity index (χ0n) is 24.2. The zero-order valence-corrected chi connectivity index (χ0v) is 24.2. The molecular formula is C33H35N5O4. The number of rotatable bonds is 7. The Morgan fingerprint density at radius 1 is 1.07 bits per heavy atom. The molecular weight excluding hydrogens is 530 g/mol. The molecule has 6 rings (SSSR count). The molecule has 1 saturated heterocycles. The largest absolute Gasteiger partial charge is 0.489 e. The number of hydrogen-bond donors (Lipinski definition) is 1. The summed E-state index contributed by atoms with van der Waals surface area (Å²) < 4.78 is 7.70. The number of pyridine rings is 1. The second-order valence-electron chi connectivity index (χ2n) is 11.7. The van der Waals surface area contributed by atoms with Crippen LogP contribution in [0.25, 0.3) is 11.0 Å². The Hall–Kier alpha value is -4.37. The summed E-state index contributed by atoms with van der Waals surface area (Å²) in [5, 5.41) is 3.79. The molecule has 0 spiro atoms. The van der Waals surface area contributed by atoms with Gasteiger partial charge in [-0.1, -0.05) is 38.1 Å². The molecule has 0 bridgehead atoms. The first-order valence-corrected chi connectivity index (χ1v) is 14.6. The number of piperidine rings is 1. The minimum absolute atomic E-state index is 0.0305. The lowest BCUT2D eigenvalue weighted by Gasteiger charge is -2.30. The molecule has 2 unspecified atom stereocenters. The Balaban J connectivity index is 1.33. The van der Waals surface area contributed by atoms with Crippen molar-refractivity contribution in [2.24, 2.45) is 5.92 Å². The van der Waals surface area contributed by atoms with Gasteiger partial charge in [-0.15, -0.1) is 0 Å². The highest BCUT2D eigenvalue weighted by molar-refractivity contribution is 6.00. The van der Waals surface area contributed by atoms with E-state index in [1.54, 1.807) is 26.1 Å². The number of benzene rings is 2. The van der Waals surface area contributed by atoms with Crippen molar-refractivity contribution in [3.63, 3.8) is 0 Å². The smallest absolute Gasteiger partial charge is 0.263 e. The van der Waals surface area contributed by atoms with Gasteiger partial charge in [-0.3, -0.25) is 19.0 Å². The van der Waals surface area contributed by atoms with E-state index in [0.29, 0.717) is 29.0 Å². The molecule has 42 heavy (non-hydrogen) atoms. The maximum atomic E-state index is 13.9. The molecule has 2 atom stereocenters. The zero-order chi connectivity index (χ0) is 29.4. The monoisotopic (exact) mass is 565 g/mol. The Kier molecular flexibility index (Phi) is 7.60. The Morgan fingerprint density at radius 3 is 2.62 bits per heavy atom. The van der Waals surface area contributed by atoms with Crippen LogP contribution >= 0.6 is 0 Å². The van der Waals surface area contributed by atoms with E-state index < -0.39 is 11.6 Å². The first-order valence-electron chi connectivity index (χ1n) is 14.6. The number of fused-ring (bicyclic) bond motifs is 2. The average Bonchev–Trinajstić information content (AvgIpc) is 2.97. The summed E-state index contributed by atoms with van der Waals surface area (Å²) in [5.74, 6) is 0.479. The number of ketones is 2. The van der Waals surface area contributed by atoms with Crippen LogP contribution in [-0.2, 0) is 6.42 Å². The highest BCUT2D eigenvalue weighted by Gasteiger charge is 2.30. The number of Topliss-reactive ketones (excluding diaryl/α,β-unsaturated/α-hetero) is 2. The van der Waals surface area contributed by atoms with Crippen LogP contribution in [0, 0.1) is 5.92 Å². The minimum atomic E-state index is -0.472. The molecule has 0 amide bonds. The van der Waals surface area contributed by atoms with Crippen LogP contribution in [-0.4, -0.2) is 57.2 Å². The van der Waals surface area contributed by atoms with Gasteiger partial charge in [0.1, 0.15) is 17.5 Å². The van der Waals surface area contributed by atoms with Gasteiger partial charge in [-0.05, 0) is 68.8 Å². The number of nitrogens with zero attached hydrogens (tertiary/aromatic N) is 4. The summed E-state index contributed by atoms with van der Waals surface area (Å²) in [6.07, 6.45) is 4.60. The highest BCUT2D eigenvalue weighted by Crippen LogP contribution is 2.31. The second kappa shape index (κ2) is 11.5. The molecule has 2 aliphatic rings. The van der Waals surface area contributed by atoms with Crippen molar-refractivity contribution in [1.82, 2.24) is 19.4 Å². The summed E-state index contributed by atoms with van der Waals surface area (Å²) in [6.45, 7) is 5.55. The fraction of sp³-hybridized carbons (Fsp3) is 0.364. The number of hydrogen-bond acceptors (Lipinski definition) is 8. The van der Waals surface area contributed by atoms with E-state index in [-0.39, 0.29) is 35.6 Å². The van der Waals surface area contributed by atoms with Crippen LogP contribution < -0.4 is 15.6 Å². The summed E-state index contributed by atoms with van der Waals surface area (Å²) >= 11 is 0. The normalized spacial score (nSPS) is 19.1. The predicted octanol–water partition coefficient (Wildman–Crippen LogP) is 5.22. The van der Waals surface area contributed by atoms with Gasteiger partial charge in [0.05, 0.1) is 11.6 Å². The van der Waals surface area contributed by atoms with Gasteiger partial charge in [0, 0.05) is 41.7 Å². The van der Waals surface area contributed by atoms with Crippen LogP contribution in [0.5, 0.6) is 5.75 Å². The van der Waals surface area contributed by atoms with Gasteiger partial charge >= 0.3 is 0 Å². The number of aromatic nitrogens is 3. The Bertz CT molecular complexity index is 1710. The fourth-order valence-corrected chi connectivity index (χ4v) is 5.96. The predicted molar refractivity (Wildman–Crippen MR) is 162 cm³/mol. The fourth-order valence-electron chi connectivity index (χ4n) is 5.96. The summed E-state index contributed by atoms with van der Waals surface area (Å²) in [6, 6.07) is 16.2. The topological polar surface area (TPSA) is 106 Å². The molecule has 2 aromatic carbocycles. The van der Waals surface area contributed by atoms with Crippen molar-refractivity contribution in [2.75, 3.05) is 25.5 Å². The lowest BCUT2D eigenvalue weighted by Crippen LogP contribution is -2.38. The number of anilines is 2. The molecule has 1 fully saturated rings. The van der Waals surface area contributed by atoms with E-state index in [4.69, 9.17) is 9.72 Å². The van der Waals surface area contributed by atoms with Crippen molar-refractivity contribution in [1.29, 1.82) is 0 Å². The number of carbonyl (C=O) groups excluding carboxylic acids is 2. The molecule has 2 aromatic heterocycles. The lowest BCUT2D eigenvalue weighted by molar-refractivity contribution is 0.0937. The number of likely N-dealkylation sites (tertiary alicyclic amines) is 1. The van der Waals surface area contributed by atoms with E-state index in [1.165, 1.54) is 4.57 Å². The van der Waals surface area contributed by atoms with Gasteiger partial charge in [-0.2, -0.15) is 4.98 Å². The number of ether oxygens (including phenoxy) is 1. The minimum Gasteiger partial charge on any atom is -0.489 e. The second-order valence-corrected chi connectivity index (χ2v) is 11.7. The van der Waals surface area contributed by atoms with Gasteiger partial charge in [0.2, 0.25) is 5.95 Å². The maximum Gasteiger partial charge on any atom is 0.263 e. The average molecular weight is 566 g/mol. The van der Waals surface area contributed by atoms with E-state index in [0.717, 1.165) is 42.9 Å². The van der Waals surface area contributed by atoms with E-state index >= 15 is 0 Å². The van der Waals surface area contributed by atoms with Crippen molar-refractivity contribution in [2.45, 2.75) is 51.7 Å². The molecule has 216 valence electrons. The molecule has 0 saturated carbocycles. The molecule has 1 N–H and O–H groups in total. The van der Waals surface area contributed by atoms with Gasteiger partial charge in [0.15, 0.2) is 11.6 Å². The quantitative estimate of drug-likeness (QED) is 0.304. The van der Waals surface area contributed by atoms with Crippen LogP contribution in [0.4, 0.5) is 11.6 Å². The van der Waals surface area contributed by atoms with Crippen molar-refractivity contribution in [3.8, 4) is 5.75 Å².